The summed E-state index contributed by atoms with van der Waals surface area (Å²) in [5, 5.41) is 8.25. The topological polar surface area (TPSA) is 63.3 Å². The van der Waals surface area contributed by atoms with Gasteiger partial charge in [0.15, 0.2) is 0 Å². The number of carboxylic acids is 1. The second-order valence-corrected chi connectivity index (χ2v) is 4.27. The quantitative estimate of drug-likeness (QED) is 0.502. The van der Waals surface area contributed by atoms with E-state index < -0.39 is 5.97 Å². The lowest BCUT2D eigenvalue weighted by Gasteiger charge is -2.16. The van der Waals surface area contributed by atoms with Crippen molar-refractivity contribution in [3.8, 4) is 0 Å². The van der Waals surface area contributed by atoms with Crippen molar-refractivity contribution >= 4 is 17.7 Å². The molecule has 0 fully saturated rings. The lowest BCUT2D eigenvalue weighted by molar-refractivity contribution is -0.131. The summed E-state index contributed by atoms with van der Waals surface area (Å²) in [7, 11) is 0. The predicted molar refractivity (Wildman–Crippen MR) is 52.4 cm³/mol. The molecule has 0 aromatic rings. The van der Waals surface area contributed by atoms with Gasteiger partial charge in [0.1, 0.15) is 0 Å². The third-order valence-electron chi connectivity index (χ3n) is 0.949. The smallest absolute Gasteiger partial charge is 0.328 e. The molecular formula is C8H15NO2S. The van der Waals surface area contributed by atoms with Crippen molar-refractivity contribution in [2.24, 2.45) is 5.73 Å². The highest BCUT2D eigenvalue weighted by Crippen LogP contribution is 2.09. The first-order valence-corrected chi connectivity index (χ1v) is 4.83. The summed E-state index contributed by atoms with van der Waals surface area (Å²) < 4.78 is 0. The van der Waals surface area contributed by atoms with Crippen molar-refractivity contribution in [1.29, 1.82) is 0 Å². The molecule has 0 amide bonds. The third kappa shape index (κ3) is 9.52. The Balaban J connectivity index is 3.40. The summed E-state index contributed by atoms with van der Waals surface area (Å²) in [5.41, 5.74) is 5.54. The molecule has 0 unspecified atom stereocenters. The highest BCUT2D eigenvalue weighted by molar-refractivity contribution is 7.99. The molecule has 0 spiro atoms. The second-order valence-electron chi connectivity index (χ2n) is 3.24. The van der Waals surface area contributed by atoms with E-state index in [0.29, 0.717) is 5.75 Å². The minimum atomic E-state index is -0.900. The molecule has 3 N–H and O–H groups in total. The second kappa shape index (κ2) is 5.22. The monoisotopic (exact) mass is 189 g/mol. The summed E-state index contributed by atoms with van der Waals surface area (Å²) in [6.07, 6.45) is 2.77. The van der Waals surface area contributed by atoms with Crippen LogP contribution in [0.3, 0.4) is 0 Å². The van der Waals surface area contributed by atoms with Gasteiger partial charge < -0.3 is 10.8 Å². The van der Waals surface area contributed by atoms with Crippen LogP contribution in [-0.4, -0.2) is 28.1 Å². The molecule has 0 saturated heterocycles. The number of hydrogen-bond donors (Lipinski definition) is 2. The van der Waals surface area contributed by atoms with Crippen molar-refractivity contribution < 1.29 is 9.90 Å². The van der Waals surface area contributed by atoms with Gasteiger partial charge in [0.05, 0.1) is 0 Å². The van der Waals surface area contributed by atoms with E-state index >= 15 is 0 Å². The molecule has 0 rings (SSSR count). The summed E-state index contributed by atoms with van der Waals surface area (Å²) in [6, 6.07) is 0. The number of nitrogens with two attached hydrogens (primary N) is 1. The van der Waals surface area contributed by atoms with Gasteiger partial charge in [-0.3, -0.25) is 0 Å². The van der Waals surface area contributed by atoms with E-state index in [1.54, 1.807) is 17.8 Å². The number of carbonyl (C=O) groups is 1. The number of thioether (sulfide) groups is 1. The average Bonchev–Trinajstić information content (AvgIpc) is 1.83. The van der Waals surface area contributed by atoms with Gasteiger partial charge in [-0.25, -0.2) is 4.79 Å². The van der Waals surface area contributed by atoms with Gasteiger partial charge in [0.2, 0.25) is 0 Å². The maximum atomic E-state index is 10.0. The van der Waals surface area contributed by atoms with Crippen LogP contribution >= 0.6 is 11.8 Å². The maximum Gasteiger partial charge on any atom is 0.328 e. The summed E-state index contributed by atoms with van der Waals surface area (Å²) >= 11 is 1.63. The van der Waals surface area contributed by atoms with Gasteiger partial charge in [-0.1, -0.05) is 6.08 Å². The van der Waals surface area contributed by atoms with Crippen molar-refractivity contribution in [2.45, 2.75) is 19.4 Å². The molecule has 0 bridgehead atoms. The summed E-state index contributed by atoms with van der Waals surface area (Å²) in [4.78, 5) is 10.0. The number of rotatable bonds is 5. The molecule has 0 heterocycles. The van der Waals surface area contributed by atoms with Crippen LogP contribution in [0.15, 0.2) is 12.2 Å². The lowest BCUT2D eigenvalue weighted by atomic mass is 10.1. The highest BCUT2D eigenvalue weighted by Gasteiger charge is 2.08. The third-order valence-corrected chi connectivity index (χ3v) is 2.32. The number of aliphatic carboxylic acids is 1. The molecule has 0 radical (unpaired) electrons. The van der Waals surface area contributed by atoms with Gasteiger partial charge in [-0.05, 0) is 13.8 Å². The molecule has 0 aromatic carbocycles. The van der Waals surface area contributed by atoms with Crippen LogP contribution in [0.2, 0.25) is 0 Å². The lowest BCUT2D eigenvalue weighted by Crippen LogP contribution is -2.34. The van der Waals surface area contributed by atoms with E-state index in [-0.39, 0.29) is 5.54 Å². The van der Waals surface area contributed by atoms with Gasteiger partial charge in [-0.2, -0.15) is 11.8 Å². The molecule has 4 heteroatoms. The first-order valence-electron chi connectivity index (χ1n) is 3.68. The van der Waals surface area contributed by atoms with Gasteiger partial charge >= 0.3 is 5.97 Å². The van der Waals surface area contributed by atoms with Crippen LogP contribution < -0.4 is 5.73 Å². The molecule has 70 valence electrons. The van der Waals surface area contributed by atoms with Crippen LogP contribution in [0.4, 0.5) is 0 Å². The Kier molecular flexibility index (Phi) is 5.01. The van der Waals surface area contributed by atoms with E-state index in [4.69, 9.17) is 10.8 Å². The molecule has 0 aromatic heterocycles. The molecule has 0 aliphatic heterocycles. The summed E-state index contributed by atoms with van der Waals surface area (Å²) in [6.45, 7) is 3.89. The van der Waals surface area contributed by atoms with E-state index in [2.05, 4.69) is 0 Å². The zero-order valence-corrected chi connectivity index (χ0v) is 8.23. The summed E-state index contributed by atoms with van der Waals surface area (Å²) in [5.74, 6) is 0.631. The van der Waals surface area contributed by atoms with Crippen LogP contribution in [0, 0.1) is 0 Å². The van der Waals surface area contributed by atoms with Crippen LogP contribution in [-0.2, 0) is 4.79 Å². The van der Waals surface area contributed by atoms with E-state index in [1.165, 1.54) is 0 Å². The first-order chi connectivity index (χ1) is 5.42. The van der Waals surface area contributed by atoms with Gasteiger partial charge in [-0.15, -0.1) is 0 Å². The Morgan fingerprint density at radius 3 is 2.67 bits per heavy atom. The fourth-order valence-corrected chi connectivity index (χ4v) is 1.42. The minimum absolute atomic E-state index is 0.179. The normalized spacial score (nSPS) is 12.2. The molecule has 12 heavy (non-hydrogen) atoms. The Morgan fingerprint density at radius 1 is 1.67 bits per heavy atom. The van der Waals surface area contributed by atoms with Crippen molar-refractivity contribution in [3.63, 3.8) is 0 Å². The molecule has 0 atom stereocenters. The van der Waals surface area contributed by atoms with Crippen LogP contribution in [0.5, 0.6) is 0 Å². The first kappa shape index (κ1) is 11.5. The van der Waals surface area contributed by atoms with Gasteiger partial charge in [0, 0.05) is 23.1 Å². The van der Waals surface area contributed by atoms with E-state index in [9.17, 15) is 4.79 Å². The zero-order valence-electron chi connectivity index (χ0n) is 7.41. The molecule has 3 nitrogen and oxygen atoms in total. The largest absolute Gasteiger partial charge is 0.478 e. The standard InChI is InChI=1S/C8H15NO2S/c1-8(2,9)6-12-5-3-4-7(10)11/h3-4H,5-6,9H2,1-2H3,(H,10,11)/b4-3+. The molecule has 0 aliphatic rings. The maximum absolute atomic E-state index is 10.0. The predicted octanol–water partition coefficient (Wildman–Crippen LogP) is 1.10. The Morgan fingerprint density at radius 2 is 2.25 bits per heavy atom. The van der Waals surface area contributed by atoms with Gasteiger partial charge in [0.25, 0.3) is 0 Å². The van der Waals surface area contributed by atoms with Crippen molar-refractivity contribution in [3.05, 3.63) is 12.2 Å². The molecule has 0 saturated carbocycles. The van der Waals surface area contributed by atoms with E-state index in [1.807, 2.05) is 13.8 Å². The van der Waals surface area contributed by atoms with Crippen LogP contribution in [0.25, 0.3) is 0 Å². The molecule has 0 aliphatic carbocycles. The Hall–Kier alpha value is -0.480. The number of carboxylic acid groups (broad SMARTS) is 1. The fourth-order valence-electron chi connectivity index (χ4n) is 0.539. The molecular weight excluding hydrogens is 174 g/mol. The fraction of sp³-hybridized carbons (Fsp3) is 0.625. The SMILES string of the molecule is CC(C)(N)CSC/C=C/C(=O)O. The van der Waals surface area contributed by atoms with Crippen molar-refractivity contribution in [1.82, 2.24) is 0 Å². The Bertz CT molecular complexity index is 172. The van der Waals surface area contributed by atoms with Crippen LogP contribution in [0.1, 0.15) is 13.8 Å². The minimum Gasteiger partial charge on any atom is -0.478 e. The van der Waals surface area contributed by atoms with E-state index in [0.717, 1.165) is 11.8 Å². The van der Waals surface area contributed by atoms with Crippen molar-refractivity contribution in [2.75, 3.05) is 11.5 Å². The zero-order chi connectivity index (χ0) is 9.61. The highest BCUT2D eigenvalue weighted by atomic mass is 32.2. The average molecular weight is 189 g/mol. The number of hydrogen-bond acceptors (Lipinski definition) is 3. The Labute approximate surface area is 77.0 Å².